The van der Waals surface area contributed by atoms with Crippen molar-refractivity contribution < 1.29 is 9.53 Å². The largest absolute Gasteiger partial charge is 0.492 e. The van der Waals surface area contributed by atoms with Gasteiger partial charge in [-0.1, -0.05) is 11.6 Å². The lowest BCUT2D eigenvalue weighted by Crippen LogP contribution is -2.50. The van der Waals surface area contributed by atoms with Gasteiger partial charge in [0.15, 0.2) is 0 Å². The van der Waals surface area contributed by atoms with Crippen molar-refractivity contribution in [3.63, 3.8) is 0 Å². The van der Waals surface area contributed by atoms with E-state index in [-0.39, 0.29) is 6.03 Å². The van der Waals surface area contributed by atoms with Crippen LogP contribution < -0.4 is 15.0 Å². The molecule has 2 heterocycles. The molecule has 2 aromatic rings. The number of pyridine rings is 1. The average Bonchev–Trinajstić information content (AvgIpc) is 2.65. The summed E-state index contributed by atoms with van der Waals surface area (Å²) in [5.74, 6) is 0.619. The number of piperazine rings is 1. The van der Waals surface area contributed by atoms with Crippen LogP contribution in [0.15, 0.2) is 42.7 Å². The molecule has 2 amide bonds. The van der Waals surface area contributed by atoms with Gasteiger partial charge in [-0.2, -0.15) is 0 Å². The highest BCUT2D eigenvalue weighted by atomic mass is 35.5. The van der Waals surface area contributed by atoms with Crippen molar-refractivity contribution in [1.29, 1.82) is 0 Å². The molecule has 7 heteroatoms. The molecule has 1 N–H and O–H groups in total. The summed E-state index contributed by atoms with van der Waals surface area (Å²) in [6, 6.07) is 9.12. The van der Waals surface area contributed by atoms with E-state index in [1.165, 1.54) is 0 Å². The minimum Gasteiger partial charge on any atom is -0.492 e. The van der Waals surface area contributed by atoms with Crippen LogP contribution in [0.5, 0.6) is 5.75 Å². The highest BCUT2D eigenvalue weighted by Gasteiger charge is 2.21. The van der Waals surface area contributed by atoms with E-state index < -0.39 is 0 Å². The maximum Gasteiger partial charge on any atom is 0.321 e. The van der Waals surface area contributed by atoms with Crippen LogP contribution in [0.4, 0.5) is 16.2 Å². The molecule has 1 aliphatic rings. The summed E-state index contributed by atoms with van der Waals surface area (Å²) in [5, 5.41) is 3.38. The van der Waals surface area contributed by atoms with E-state index in [1.54, 1.807) is 30.6 Å². The molecule has 1 aliphatic heterocycles. The highest BCUT2D eigenvalue weighted by Crippen LogP contribution is 2.27. The lowest BCUT2D eigenvalue weighted by atomic mass is 10.2. The van der Waals surface area contributed by atoms with Gasteiger partial charge in [0, 0.05) is 49.9 Å². The Kier molecular flexibility index (Phi) is 5.60. The van der Waals surface area contributed by atoms with Crippen molar-refractivity contribution in [3.05, 3.63) is 47.7 Å². The smallest absolute Gasteiger partial charge is 0.321 e. The Hall–Kier alpha value is -2.47. The summed E-state index contributed by atoms with van der Waals surface area (Å²) in [4.78, 5) is 20.5. The summed E-state index contributed by atoms with van der Waals surface area (Å²) in [6.45, 7) is 5.37. The maximum absolute atomic E-state index is 12.4. The molecule has 3 rings (SSSR count). The number of ether oxygens (including phenoxy) is 1. The number of hydrogen-bond acceptors (Lipinski definition) is 4. The van der Waals surface area contributed by atoms with Gasteiger partial charge >= 0.3 is 6.03 Å². The van der Waals surface area contributed by atoms with Crippen LogP contribution in [-0.4, -0.2) is 48.7 Å². The molecule has 0 aliphatic carbocycles. The van der Waals surface area contributed by atoms with Gasteiger partial charge in [0.05, 0.1) is 11.6 Å². The Morgan fingerprint density at radius 1 is 1.20 bits per heavy atom. The van der Waals surface area contributed by atoms with Gasteiger partial charge in [0.2, 0.25) is 0 Å². The lowest BCUT2D eigenvalue weighted by molar-refractivity contribution is 0.208. The van der Waals surface area contributed by atoms with E-state index in [9.17, 15) is 4.79 Å². The van der Waals surface area contributed by atoms with Crippen molar-refractivity contribution in [2.75, 3.05) is 43.0 Å². The molecule has 1 fully saturated rings. The number of benzene rings is 1. The van der Waals surface area contributed by atoms with Gasteiger partial charge in [-0.05, 0) is 37.3 Å². The second-order valence-corrected chi connectivity index (χ2v) is 6.10. The third-order valence-electron chi connectivity index (χ3n) is 4.08. The van der Waals surface area contributed by atoms with Crippen LogP contribution in [0.2, 0.25) is 5.02 Å². The predicted octanol–water partition coefficient (Wildman–Crippen LogP) is 3.49. The predicted molar refractivity (Wildman–Crippen MR) is 99.7 cm³/mol. The van der Waals surface area contributed by atoms with Crippen LogP contribution in [0.3, 0.4) is 0 Å². The number of anilines is 2. The second kappa shape index (κ2) is 8.07. The lowest BCUT2D eigenvalue weighted by Gasteiger charge is -2.36. The van der Waals surface area contributed by atoms with E-state index in [0.717, 1.165) is 18.8 Å². The number of nitrogens with one attached hydrogen (secondary N) is 1. The highest BCUT2D eigenvalue weighted by molar-refractivity contribution is 6.32. The van der Waals surface area contributed by atoms with Crippen molar-refractivity contribution in [2.45, 2.75) is 6.92 Å². The number of hydrogen-bond donors (Lipinski definition) is 1. The topological polar surface area (TPSA) is 57.7 Å². The average molecular weight is 361 g/mol. The second-order valence-electron chi connectivity index (χ2n) is 5.69. The Labute approximate surface area is 152 Å². The summed E-state index contributed by atoms with van der Waals surface area (Å²) in [7, 11) is 0. The zero-order chi connectivity index (χ0) is 17.6. The molecule has 0 atom stereocenters. The molecule has 25 heavy (non-hydrogen) atoms. The van der Waals surface area contributed by atoms with E-state index >= 15 is 0 Å². The van der Waals surface area contributed by atoms with Crippen molar-refractivity contribution in [2.24, 2.45) is 0 Å². The molecular formula is C18H21ClN4O2. The number of rotatable bonds is 4. The Balaban J connectivity index is 1.55. The molecule has 6 nitrogen and oxygen atoms in total. The fraction of sp³-hybridized carbons (Fsp3) is 0.333. The number of carbonyl (C=O) groups is 1. The molecule has 1 saturated heterocycles. The normalized spacial score (nSPS) is 14.3. The van der Waals surface area contributed by atoms with Crippen molar-refractivity contribution >= 4 is 29.0 Å². The van der Waals surface area contributed by atoms with Crippen LogP contribution in [0.1, 0.15) is 6.92 Å². The fourth-order valence-electron chi connectivity index (χ4n) is 2.78. The minimum atomic E-state index is -0.116. The quantitative estimate of drug-likeness (QED) is 0.906. The van der Waals surface area contributed by atoms with Crippen LogP contribution in [0.25, 0.3) is 0 Å². The Bertz CT molecular complexity index is 718. The SMILES string of the molecule is CCOc1ccc(NC(=O)N2CCN(c3ccncc3)CC2)cc1Cl. The van der Waals surface area contributed by atoms with E-state index in [1.807, 2.05) is 24.0 Å². The molecule has 1 aromatic carbocycles. The molecular weight excluding hydrogens is 340 g/mol. The zero-order valence-corrected chi connectivity index (χ0v) is 14.9. The third kappa shape index (κ3) is 4.33. The van der Waals surface area contributed by atoms with Crippen molar-refractivity contribution in [3.8, 4) is 5.75 Å². The van der Waals surface area contributed by atoms with Gasteiger partial charge < -0.3 is 19.9 Å². The fourth-order valence-corrected chi connectivity index (χ4v) is 3.01. The number of urea groups is 1. The van der Waals surface area contributed by atoms with Gasteiger partial charge in [0.1, 0.15) is 5.75 Å². The standard InChI is InChI=1S/C18H21ClN4O2/c1-2-25-17-4-3-14(13-16(17)19)21-18(24)23-11-9-22(10-12-23)15-5-7-20-8-6-15/h3-8,13H,2,9-12H2,1H3,(H,21,24). The van der Waals surface area contributed by atoms with E-state index in [2.05, 4.69) is 15.2 Å². The van der Waals surface area contributed by atoms with Crippen molar-refractivity contribution in [1.82, 2.24) is 9.88 Å². The molecule has 132 valence electrons. The first-order valence-corrected chi connectivity index (χ1v) is 8.68. The van der Waals surface area contributed by atoms with Gasteiger partial charge in [-0.3, -0.25) is 4.98 Å². The first-order chi connectivity index (χ1) is 12.2. The molecule has 0 saturated carbocycles. The Morgan fingerprint density at radius 3 is 2.56 bits per heavy atom. The minimum absolute atomic E-state index is 0.116. The van der Waals surface area contributed by atoms with Crippen LogP contribution in [0, 0.1) is 0 Å². The first kappa shape index (κ1) is 17.4. The summed E-state index contributed by atoms with van der Waals surface area (Å²) in [5.41, 5.74) is 1.79. The zero-order valence-electron chi connectivity index (χ0n) is 14.1. The van der Waals surface area contributed by atoms with E-state index in [4.69, 9.17) is 16.3 Å². The molecule has 0 unspecified atom stereocenters. The first-order valence-electron chi connectivity index (χ1n) is 8.30. The summed E-state index contributed by atoms with van der Waals surface area (Å²) >= 11 is 6.16. The molecule has 0 radical (unpaired) electrons. The molecule has 0 bridgehead atoms. The Morgan fingerprint density at radius 2 is 1.92 bits per heavy atom. The maximum atomic E-state index is 12.4. The third-order valence-corrected chi connectivity index (χ3v) is 4.37. The number of aromatic nitrogens is 1. The summed E-state index contributed by atoms with van der Waals surface area (Å²) in [6.07, 6.45) is 3.56. The van der Waals surface area contributed by atoms with Gasteiger partial charge in [-0.15, -0.1) is 0 Å². The van der Waals surface area contributed by atoms with E-state index in [0.29, 0.717) is 36.2 Å². The van der Waals surface area contributed by atoms with Crippen LogP contribution in [-0.2, 0) is 0 Å². The summed E-state index contributed by atoms with van der Waals surface area (Å²) < 4.78 is 5.40. The van der Waals surface area contributed by atoms with Crippen LogP contribution >= 0.6 is 11.6 Å². The number of halogens is 1. The van der Waals surface area contributed by atoms with Gasteiger partial charge in [0.25, 0.3) is 0 Å². The number of nitrogens with zero attached hydrogens (tertiary/aromatic N) is 3. The molecule has 1 aromatic heterocycles. The number of amides is 2. The van der Waals surface area contributed by atoms with Gasteiger partial charge in [-0.25, -0.2) is 4.79 Å². The number of carbonyl (C=O) groups excluding carboxylic acids is 1. The monoisotopic (exact) mass is 360 g/mol. The molecule has 0 spiro atoms.